The van der Waals surface area contributed by atoms with Gasteiger partial charge in [0.1, 0.15) is 16.5 Å². The van der Waals surface area contributed by atoms with Crippen LogP contribution in [0.5, 0.6) is 11.5 Å². The molecule has 4 aromatic rings. The van der Waals surface area contributed by atoms with E-state index in [0.29, 0.717) is 11.3 Å². The summed E-state index contributed by atoms with van der Waals surface area (Å²) in [5.41, 5.74) is 4.72. The van der Waals surface area contributed by atoms with Gasteiger partial charge in [0.15, 0.2) is 0 Å². The number of thiophene rings is 1. The van der Waals surface area contributed by atoms with Gasteiger partial charge in [-0.1, -0.05) is 48.5 Å². The maximum Gasteiger partial charge on any atom is 0.256 e. The van der Waals surface area contributed by atoms with Crippen molar-refractivity contribution < 1.29 is 14.3 Å². The standard InChI is InChI=1S/C28H28N2O3S/c1-18-19(2)34-28(30-27(31)21-13-9-6-10-14-21)25(18)26(20-11-7-5-8-12-20)29-23-16-15-22(32-3)17-24(23)33-4/h5-17,26,29H,1-4H3,(H,30,31)/t26-/m0/s1. The lowest BCUT2D eigenvalue weighted by Gasteiger charge is -2.24. The van der Waals surface area contributed by atoms with E-state index in [-0.39, 0.29) is 11.9 Å². The molecule has 0 fully saturated rings. The zero-order valence-corrected chi connectivity index (χ0v) is 20.5. The fraction of sp³-hybridized carbons (Fsp3) is 0.179. The van der Waals surface area contributed by atoms with Crippen LogP contribution < -0.4 is 20.1 Å². The average Bonchev–Trinajstić information content (AvgIpc) is 3.15. The summed E-state index contributed by atoms with van der Waals surface area (Å²) in [7, 11) is 3.27. The molecular weight excluding hydrogens is 444 g/mol. The van der Waals surface area contributed by atoms with Crippen molar-refractivity contribution in [1.82, 2.24) is 0 Å². The Bertz CT molecular complexity index is 1270. The van der Waals surface area contributed by atoms with Crippen LogP contribution in [0.3, 0.4) is 0 Å². The first-order valence-electron chi connectivity index (χ1n) is 11.0. The second kappa shape index (κ2) is 10.4. The van der Waals surface area contributed by atoms with Crippen molar-refractivity contribution in [2.24, 2.45) is 0 Å². The third-order valence-corrected chi connectivity index (χ3v) is 6.96. The van der Waals surface area contributed by atoms with Crippen molar-refractivity contribution in [1.29, 1.82) is 0 Å². The number of carbonyl (C=O) groups is 1. The van der Waals surface area contributed by atoms with E-state index in [1.807, 2.05) is 66.7 Å². The minimum Gasteiger partial charge on any atom is -0.497 e. The largest absolute Gasteiger partial charge is 0.497 e. The van der Waals surface area contributed by atoms with E-state index in [0.717, 1.165) is 38.0 Å². The van der Waals surface area contributed by atoms with Crippen LogP contribution in [-0.4, -0.2) is 20.1 Å². The van der Waals surface area contributed by atoms with Gasteiger partial charge in [0.05, 0.1) is 25.9 Å². The second-order valence-corrected chi connectivity index (χ2v) is 9.13. The van der Waals surface area contributed by atoms with Crippen LogP contribution in [0.2, 0.25) is 0 Å². The van der Waals surface area contributed by atoms with E-state index in [2.05, 4.69) is 36.6 Å². The maximum atomic E-state index is 13.0. The molecule has 1 heterocycles. The molecule has 5 nitrogen and oxygen atoms in total. The number of methoxy groups -OCH3 is 2. The van der Waals surface area contributed by atoms with Crippen molar-refractivity contribution in [3.8, 4) is 11.5 Å². The average molecular weight is 473 g/mol. The summed E-state index contributed by atoms with van der Waals surface area (Å²) in [4.78, 5) is 14.2. The van der Waals surface area contributed by atoms with Gasteiger partial charge >= 0.3 is 0 Å². The van der Waals surface area contributed by atoms with E-state index >= 15 is 0 Å². The van der Waals surface area contributed by atoms with Crippen molar-refractivity contribution in [2.75, 3.05) is 24.9 Å². The van der Waals surface area contributed by atoms with Crippen LogP contribution in [0.25, 0.3) is 0 Å². The number of benzene rings is 3. The van der Waals surface area contributed by atoms with Crippen LogP contribution in [0.1, 0.15) is 38.0 Å². The van der Waals surface area contributed by atoms with Crippen LogP contribution in [0.15, 0.2) is 78.9 Å². The van der Waals surface area contributed by atoms with Gasteiger partial charge in [-0.3, -0.25) is 4.79 Å². The summed E-state index contributed by atoms with van der Waals surface area (Å²) in [5, 5.41) is 7.66. The molecule has 34 heavy (non-hydrogen) atoms. The van der Waals surface area contributed by atoms with Gasteiger partial charge in [-0.25, -0.2) is 0 Å². The van der Waals surface area contributed by atoms with Crippen LogP contribution in [0, 0.1) is 13.8 Å². The summed E-state index contributed by atoms with van der Waals surface area (Å²) in [5.74, 6) is 1.27. The number of anilines is 2. The van der Waals surface area contributed by atoms with Crippen LogP contribution in [-0.2, 0) is 0 Å². The zero-order chi connectivity index (χ0) is 24.1. The van der Waals surface area contributed by atoms with Gasteiger partial charge in [-0.05, 0) is 49.2 Å². The Morgan fingerprint density at radius 3 is 2.21 bits per heavy atom. The van der Waals surface area contributed by atoms with Crippen molar-refractivity contribution >= 4 is 27.9 Å². The van der Waals surface area contributed by atoms with Crippen molar-refractivity contribution in [3.05, 3.63) is 106 Å². The molecule has 0 saturated heterocycles. The van der Waals surface area contributed by atoms with Gasteiger partial charge in [0.2, 0.25) is 0 Å². The Balaban J connectivity index is 1.78. The molecule has 6 heteroatoms. The molecule has 2 N–H and O–H groups in total. The lowest BCUT2D eigenvalue weighted by molar-refractivity contribution is 0.102. The molecule has 0 aliphatic heterocycles. The van der Waals surface area contributed by atoms with Gasteiger partial charge < -0.3 is 20.1 Å². The molecule has 0 bridgehead atoms. The van der Waals surface area contributed by atoms with E-state index < -0.39 is 0 Å². The Labute approximate surface area is 204 Å². The predicted octanol–water partition coefficient (Wildman–Crippen LogP) is 6.84. The normalized spacial score (nSPS) is 11.5. The molecule has 0 saturated carbocycles. The molecule has 1 atom stereocenters. The molecule has 0 radical (unpaired) electrons. The third-order valence-electron chi connectivity index (χ3n) is 5.83. The molecule has 174 valence electrons. The first kappa shape index (κ1) is 23.4. The number of amides is 1. The number of nitrogens with one attached hydrogen (secondary N) is 2. The second-order valence-electron chi connectivity index (χ2n) is 7.90. The third kappa shape index (κ3) is 4.92. The zero-order valence-electron chi connectivity index (χ0n) is 19.7. The predicted molar refractivity (Wildman–Crippen MR) is 140 cm³/mol. The number of ether oxygens (including phenoxy) is 2. The first-order valence-corrected chi connectivity index (χ1v) is 11.8. The van der Waals surface area contributed by atoms with E-state index in [1.54, 1.807) is 25.6 Å². The van der Waals surface area contributed by atoms with Gasteiger partial charge in [0, 0.05) is 22.1 Å². The number of aryl methyl sites for hydroxylation is 1. The minimum absolute atomic E-state index is 0.128. The molecular formula is C28H28N2O3S. The number of hydrogen-bond acceptors (Lipinski definition) is 5. The topological polar surface area (TPSA) is 59.6 Å². The Hall–Kier alpha value is -3.77. The summed E-state index contributed by atoms with van der Waals surface area (Å²) >= 11 is 1.59. The SMILES string of the molecule is COc1ccc(N[C@@H](c2ccccc2)c2c(NC(=O)c3ccccc3)sc(C)c2C)c(OC)c1. The highest BCUT2D eigenvalue weighted by atomic mass is 32.1. The lowest BCUT2D eigenvalue weighted by Crippen LogP contribution is -2.17. The Morgan fingerprint density at radius 2 is 1.56 bits per heavy atom. The summed E-state index contributed by atoms with van der Waals surface area (Å²) in [6.07, 6.45) is 0. The van der Waals surface area contributed by atoms with Crippen LogP contribution in [0.4, 0.5) is 10.7 Å². The van der Waals surface area contributed by atoms with E-state index in [9.17, 15) is 4.79 Å². The highest BCUT2D eigenvalue weighted by molar-refractivity contribution is 7.16. The summed E-state index contributed by atoms with van der Waals surface area (Å²) in [6, 6.07) is 25.0. The fourth-order valence-electron chi connectivity index (χ4n) is 3.89. The van der Waals surface area contributed by atoms with Crippen molar-refractivity contribution in [3.63, 3.8) is 0 Å². The van der Waals surface area contributed by atoms with E-state index in [4.69, 9.17) is 9.47 Å². The van der Waals surface area contributed by atoms with Crippen molar-refractivity contribution in [2.45, 2.75) is 19.9 Å². The molecule has 0 spiro atoms. The molecule has 0 aliphatic rings. The summed E-state index contributed by atoms with van der Waals surface area (Å²) in [6.45, 7) is 4.18. The number of hydrogen-bond donors (Lipinski definition) is 2. The molecule has 3 aromatic carbocycles. The van der Waals surface area contributed by atoms with Gasteiger partial charge in [-0.15, -0.1) is 11.3 Å². The number of rotatable bonds is 8. The fourth-order valence-corrected chi connectivity index (χ4v) is 4.98. The highest BCUT2D eigenvalue weighted by Crippen LogP contribution is 2.42. The highest BCUT2D eigenvalue weighted by Gasteiger charge is 2.25. The van der Waals surface area contributed by atoms with Crippen LogP contribution >= 0.6 is 11.3 Å². The van der Waals surface area contributed by atoms with E-state index in [1.165, 1.54) is 0 Å². The molecule has 1 aromatic heterocycles. The molecule has 0 unspecified atom stereocenters. The molecule has 1 amide bonds. The Morgan fingerprint density at radius 1 is 0.882 bits per heavy atom. The smallest absolute Gasteiger partial charge is 0.256 e. The van der Waals surface area contributed by atoms with Gasteiger partial charge in [-0.2, -0.15) is 0 Å². The number of carbonyl (C=O) groups excluding carboxylic acids is 1. The maximum absolute atomic E-state index is 13.0. The first-order chi connectivity index (χ1) is 16.5. The van der Waals surface area contributed by atoms with Gasteiger partial charge in [0.25, 0.3) is 5.91 Å². The monoisotopic (exact) mass is 472 g/mol. The lowest BCUT2D eigenvalue weighted by atomic mass is 9.96. The minimum atomic E-state index is -0.209. The molecule has 0 aliphatic carbocycles. The molecule has 4 rings (SSSR count). The quantitative estimate of drug-likeness (QED) is 0.295. The summed E-state index contributed by atoms with van der Waals surface area (Å²) < 4.78 is 11.0. The Kier molecular flexibility index (Phi) is 7.18.